The standard InChI is InChI=1S/C15H16N6O2/c1-18(2)21-9-8-19(14(22)15(21)23)10-12-11-20(17-16-12)13-6-4-3-5-7-13/h3-9,11H,10H2,1-2H3. The van der Waals surface area contributed by atoms with Gasteiger partial charge in [0.1, 0.15) is 5.69 Å². The first-order chi connectivity index (χ1) is 11.1. The Balaban J connectivity index is 1.89. The fraction of sp³-hybridized carbons (Fsp3) is 0.200. The Kier molecular flexibility index (Phi) is 3.80. The first kappa shape index (κ1) is 14.8. The Morgan fingerprint density at radius 1 is 1.04 bits per heavy atom. The first-order valence-corrected chi connectivity index (χ1v) is 7.02. The first-order valence-electron chi connectivity index (χ1n) is 7.02. The molecule has 0 saturated carbocycles. The predicted molar refractivity (Wildman–Crippen MR) is 85.5 cm³/mol. The van der Waals surface area contributed by atoms with Crippen molar-refractivity contribution in [3.05, 3.63) is 75.3 Å². The molecule has 0 fully saturated rings. The Morgan fingerprint density at radius 2 is 1.78 bits per heavy atom. The van der Waals surface area contributed by atoms with Crippen molar-refractivity contribution in [1.82, 2.24) is 24.2 Å². The Bertz CT molecular complexity index is 923. The maximum atomic E-state index is 12.1. The van der Waals surface area contributed by atoms with E-state index in [4.69, 9.17) is 0 Å². The molecule has 23 heavy (non-hydrogen) atoms. The van der Waals surface area contributed by atoms with Gasteiger partial charge in [0.2, 0.25) is 0 Å². The van der Waals surface area contributed by atoms with E-state index in [9.17, 15) is 9.59 Å². The monoisotopic (exact) mass is 312 g/mol. The molecule has 0 unspecified atom stereocenters. The number of hydrogen-bond acceptors (Lipinski definition) is 5. The third-order valence-corrected chi connectivity index (χ3v) is 3.36. The molecule has 0 amide bonds. The van der Waals surface area contributed by atoms with Gasteiger partial charge in [0.05, 0.1) is 18.4 Å². The van der Waals surface area contributed by atoms with Gasteiger partial charge in [-0.2, -0.15) is 0 Å². The Hall–Kier alpha value is -3.16. The normalized spacial score (nSPS) is 10.7. The van der Waals surface area contributed by atoms with Crippen LogP contribution in [0.1, 0.15) is 5.69 Å². The summed E-state index contributed by atoms with van der Waals surface area (Å²) in [5, 5.41) is 9.63. The lowest BCUT2D eigenvalue weighted by atomic mass is 10.3. The topological polar surface area (TPSA) is 78.0 Å². The van der Waals surface area contributed by atoms with Crippen LogP contribution in [0.3, 0.4) is 0 Å². The van der Waals surface area contributed by atoms with Gasteiger partial charge < -0.3 is 9.58 Å². The van der Waals surface area contributed by atoms with Crippen molar-refractivity contribution in [3.63, 3.8) is 0 Å². The zero-order valence-corrected chi connectivity index (χ0v) is 12.8. The molecule has 0 aliphatic heterocycles. The zero-order chi connectivity index (χ0) is 16.4. The van der Waals surface area contributed by atoms with Gasteiger partial charge in [-0.05, 0) is 12.1 Å². The van der Waals surface area contributed by atoms with Gasteiger partial charge in [0, 0.05) is 26.5 Å². The van der Waals surface area contributed by atoms with Crippen molar-refractivity contribution >= 4 is 0 Å². The molecule has 1 aromatic carbocycles. The van der Waals surface area contributed by atoms with Crippen molar-refractivity contribution in [2.75, 3.05) is 19.1 Å². The van der Waals surface area contributed by atoms with Crippen LogP contribution in [-0.2, 0) is 6.54 Å². The molecule has 0 aliphatic rings. The van der Waals surface area contributed by atoms with Crippen molar-refractivity contribution in [2.45, 2.75) is 6.54 Å². The average molecular weight is 312 g/mol. The van der Waals surface area contributed by atoms with Gasteiger partial charge in [-0.25, -0.2) is 9.36 Å². The summed E-state index contributed by atoms with van der Waals surface area (Å²) >= 11 is 0. The number of hydrogen-bond donors (Lipinski definition) is 0. The second kappa shape index (κ2) is 5.91. The Morgan fingerprint density at radius 3 is 2.48 bits per heavy atom. The molecular weight excluding hydrogens is 296 g/mol. The molecule has 3 rings (SSSR count). The molecule has 0 radical (unpaired) electrons. The third kappa shape index (κ3) is 2.91. The lowest BCUT2D eigenvalue weighted by Gasteiger charge is -2.15. The van der Waals surface area contributed by atoms with Crippen LogP contribution in [0.5, 0.6) is 0 Å². The van der Waals surface area contributed by atoms with Crippen LogP contribution >= 0.6 is 0 Å². The minimum absolute atomic E-state index is 0.190. The number of para-hydroxylation sites is 1. The van der Waals surface area contributed by atoms with Crippen LogP contribution in [0, 0.1) is 0 Å². The van der Waals surface area contributed by atoms with Crippen LogP contribution in [-0.4, -0.2) is 38.3 Å². The highest BCUT2D eigenvalue weighted by Gasteiger charge is 2.09. The fourth-order valence-electron chi connectivity index (χ4n) is 2.19. The van der Waals surface area contributed by atoms with E-state index in [0.29, 0.717) is 5.69 Å². The third-order valence-electron chi connectivity index (χ3n) is 3.36. The van der Waals surface area contributed by atoms with Gasteiger partial charge in [-0.15, -0.1) is 5.10 Å². The van der Waals surface area contributed by atoms with E-state index in [2.05, 4.69) is 10.3 Å². The van der Waals surface area contributed by atoms with Crippen molar-refractivity contribution in [1.29, 1.82) is 0 Å². The van der Waals surface area contributed by atoms with E-state index in [0.717, 1.165) is 5.69 Å². The summed E-state index contributed by atoms with van der Waals surface area (Å²) in [7, 11) is 3.38. The van der Waals surface area contributed by atoms with Gasteiger partial charge in [-0.3, -0.25) is 9.59 Å². The maximum absolute atomic E-state index is 12.1. The molecule has 8 heteroatoms. The van der Waals surface area contributed by atoms with E-state index in [1.807, 2.05) is 30.3 Å². The summed E-state index contributed by atoms with van der Waals surface area (Å²) < 4.78 is 4.20. The predicted octanol–water partition coefficient (Wildman–Crippen LogP) is -0.163. The van der Waals surface area contributed by atoms with Crippen LogP contribution < -0.4 is 16.1 Å². The van der Waals surface area contributed by atoms with Gasteiger partial charge >= 0.3 is 11.1 Å². The second-order valence-corrected chi connectivity index (χ2v) is 5.22. The fourth-order valence-corrected chi connectivity index (χ4v) is 2.19. The lowest BCUT2D eigenvalue weighted by Crippen LogP contribution is -2.46. The van der Waals surface area contributed by atoms with E-state index in [-0.39, 0.29) is 6.54 Å². The molecule has 3 aromatic rings. The summed E-state index contributed by atoms with van der Waals surface area (Å²) in [6, 6.07) is 9.54. The lowest BCUT2D eigenvalue weighted by molar-refractivity contribution is 0.633. The highest BCUT2D eigenvalue weighted by molar-refractivity contribution is 5.29. The quantitative estimate of drug-likeness (QED) is 0.625. The smallest absolute Gasteiger partial charge is 0.316 e. The molecule has 0 aliphatic carbocycles. The molecule has 8 nitrogen and oxygen atoms in total. The van der Waals surface area contributed by atoms with Crippen molar-refractivity contribution in [2.24, 2.45) is 0 Å². The van der Waals surface area contributed by atoms with Crippen molar-refractivity contribution in [3.8, 4) is 5.69 Å². The van der Waals surface area contributed by atoms with Crippen LogP contribution in [0.25, 0.3) is 5.69 Å². The number of rotatable bonds is 4. The summed E-state index contributed by atoms with van der Waals surface area (Å²) in [6.45, 7) is 0.190. The van der Waals surface area contributed by atoms with E-state index >= 15 is 0 Å². The molecule has 0 spiro atoms. The van der Waals surface area contributed by atoms with Crippen LogP contribution in [0.2, 0.25) is 0 Å². The van der Waals surface area contributed by atoms with Gasteiger partial charge in [0.25, 0.3) is 0 Å². The molecule has 0 bridgehead atoms. The second-order valence-electron chi connectivity index (χ2n) is 5.22. The number of benzene rings is 1. The summed E-state index contributed by atoms with van der Waals surface area (Å²) in [5.74, 6) is 0. The van der Waals surface area contributed by atoms with Gasteiger partial charge in [0.15, 0.2) is 0 Å². The minimum atomic E-state index is -0.604. The summed E-state index contributed by atoms with van der Waals surface area (Å²) in [4.78, 5) is 24.1. The van der Waals surface area contributed by atoms with Crippen LogP contribution in [0.15, 0.2) is 58.5 Å². The van der Waals surface area contributed by atoms with E-state index in [1.165, 1.54) is 9.24 Å². The average Bonchev–Trinajstić information content (AvgIpc) is 3.01. The summed E-state index contributed by atoms with van der Waals surface area (Å²) in [5.41, 5.74) is 0.267. The van der Waals surface area contributed by atoms with E-state index < -0.39 is 11.1 Å². The number of aromatic nitrogens is 5. The molecule has 0 N–H and O–H groups in total. The maximum Gasteiger partial charge on any atom is 0.334 e. The molecule has 0 saturated heterocycles. The Labute approximate surface area is 131 Å². The molecule has 0 atom stereocenters. The van der Waals surface area contributed by atoms with Crippen molar-refractivity contribution < 1.29 is 0 Å². The van der Waals surface area contributed by atoms with Gasteiger partial charge in [-0.1, -0.05) is 23.4 Å². The molecule has 2 heterocycles. The molecular formula is C15H16N6O2. The highest BCUT2D eigenvalue weighted by atomic mass is 16.2. The van der Waals surface area contributed by atoms with E-state index in [1.54, 1.807) is 42.4 Å². The largest absolute Gasteiger partial charge is 0.334 e. The highest BCUT2D eigenvalue weighted by Crippen LogP contribution is 2.06. The minimum Gasteiger partial charge on any atom is -0.316 e. The number of nitrogens with zero attached hydrogens (tertiary/aromatic N) is 6. The summed E-state index contributed by atoms with van der Waals surface area (Å²) in [6.07, 6.45) is 4.84. The molecule has 2 aromatic heterocycles. The van der Waals surface area contributed by atoms with Crippen LogP contribution in [0.4, 0.5) is 0 Å². The molecule has 118 valence electrons. The SMILES string of the molecule is CN(C)n1ccn(Cc2cn(-c3ccccc3)nn2)c(=O)c1=O. The zero-order valence-electron chi connectivity index (χ0n) is 12.8.